The van der Waals surface area contributed by atoms with Crippen LogP contribution in [0.1, 0.15) is 17.3 Å². The van der Waals surface area contributed by atoms with Crippen molar-refractivity contribution in [1.82, 2.24) is 0 Å². The Bertz CT molecular complexity index is 493. The highest BCUT2D eigenvalue weighted by molar-refractivity contribution is 6.18. The number of amides is 1. The number of hydrogen-bond acceptors (Lipinski definition) is 5. The van der Waals surface area contributed by atoms with Crippen molar-refractivity contribution in [2.45, 2.75) is 13.0 Å². The van der Waals surface area contributed by atoms with Crippen molar-refractivity contribution >= 4 is 34.9 Å². The molecule has 0 fully saturated rings. The van der Waals surface area contributed by atoms with Gasteiger partial charge in [-0.1, -0.05) is 0 Å². The number of rotatable bonds is 6. The first kappa shape index (κ1) is 16.3. The lowest BCUT2D eigenvalue weighted by Crippen LogP contribution is -2.22. The molecule has 3 N–H and O–H groups in total. The van der Waals surface area contributed by atoms with Crippen molar-refractivity contribution < 1.29 is 19.4 Å². The van der Waals surface area contributed by atoms with Crippen LogP contribution in [-0.2, 0) is 9.53 Å². The van der Waals surface area contributed by atoms with Gasteiger partial charge in [-0.2, -0.15) is 0 Å². The third kappa shape index (κ3) is 4.71. The molecule has 1 rings (SSSR count). The van der Waals surface area contributed by atoms with Gasteiger partial charge >= 0.3 is 5.97 Å². The Balaban J connectivity index is 2.99. The molecule has 0 aliphatic heterocycles. The van der Waals surface area contributed by atoms with E-state index in [2.05, 4.69) is 15.4 Å². The van der Waals surface area contributed by atoms with Crippen LogP contribution in [0, 0.1) is 0 Å². The quantitative estimate of drug-likeness (QED) is 0.546. The van der Waals surface area contributed by atoms with Gasteiger partial charge in [0.2, 0.25) is 5.91 Å². The summed E-state index contributed by atoms with van der Waals surface area (Å²) in [5.74, 6) is -0.656. The second-order valence-electron chi connectivity index (χ2n) is 4.12. The van der Waals surface area contributed by atoms with Gasteiger partial charge in [-0.15, -0.1) is 11.6 Å². The van der Waals surface area contributed by atoms with Gasteiger partial charge in [0.1, 0.15) is 0 Å². The fourth-order valence-corrected chi connectivity index (χ4v) is 1.65. The van der Waals surface area contributed by atoms with E-state index in [1.54, 1.807) is 12.1 Å². The number of aliphatic hydroxyl groups excluding tert-OH is 1. The van der Waals surface area contributed by atoms with Crippen molar-refractivity contribution in [3.8, 4) is 0 Å². The fourth-order valence-electron chi connectivity index (χ4n) is 1.54. The Labute approximate surface area is 122 Å². The van der Waals surface area contributed by atoms with Crippen LogP contribution in [0.15, 0.2) is 18.2 Å². The molecule has 0 heterocycles. The van der Waals surface area contributed by atoms with Gasteiger partial charge in [-0.05, 0) is 18.2 Å². The van der Waals surface area contributed by atoms with E-state index in [4.69, 9.17) is 11.6 Å². The number of esters is 1. The lowest BCUT2D eigenvalue weighted by Gasteiger charge is -2.14. The molecule has 0 saturated carbocycles. The van der Waals surface area contributed by atoms with Crippen molar-refractivity contribution in [3.63, 3.8) is 0 Å². The Hall–Kier alpha value is -1.79. The molecule has 0 spiro atoms. The third-order valence-corrected chi connectivity index (χ3v) is 2.81. The van der Waals surface area contributed by atoms with Crippen LogP contribution in [-0.4, -0.2) is 42.6 Å². The molecule has 0 bridgehead atoms. The Morgan fingerprint density at radius 3 is 2.70 bits per heavy atom. The minimum absolute atomic E-state index is 0.0753. The van der Waals surface area contributed by atoms with E-state index in [0.29, 0.717) is 16.9 Å². The molecular formula is C13H17ClN2O4. The molecule has 0 saturated heterocycles. The van der Waals surface area contributed by atoms with Crippen LogP contribution in [0.2, 0.25) is 0 Å². The first-order valence-corrected chi connectivity index (χ1v) is 6.49. The molecule has 110 valence electrons. The highest BCUT2D eigenvalue weighted by Crippen LogP contribution is 2.22. The lowest BCUT2D eigenvalue weighted by atomic mass is 10.1. The zero-order valence-electron chi connectivity index (χ0n) is 11.3. The number of anilines is 2. The van der Waals surface area contributed by atoms with Crippen LogP contribution in [0.3, 0.4) is 0 Å². The molecule has 1 aromatic rings. The second kappa shape index (κ2) is 7.72. The molecule has 20 heavy (non-hydrogen) atoms. The number of hydrogen-bond donors (Lipinski definition) is 3. The van der Waals surface area contributed by atoms with E-state index in [9.17, 15) is 14.7 Å². The van der Waals surface area contributed by atoms with Gasteiger partial charge < -0.3 is 20.5 Å². The van der Waals surface area contributed by atoms with Crippen molar-refractivity contribution in [1.29, 1.82) is 0 Å². The number of nitrogens with one attached hydrogen (secondary N) is 2. The van der Waals surface area contributed by atoms with Crippen LogP contribution in [0.5, 0.6) is 0 Å². The summed E-state index contributed by atoms with van der Waals surface area (Å²) in [4.78, 5) is 22.7. The van der Waals surface area contributed by atoms with Crippen LogP contribution >= 0.6 is 11.6 Å². The van der Waals surface area contributed by atoms with Crippen molar-refractivity contribution in [2.75, 3.05) is 30.2 Å². The van der Waals surface area contributed by atoms with Gasteiger partial charge in [-0.3, -0.25) is 4.79 Å². The minimum atomic E-state index is -0.744. The van der Waals surface area contributed by atoms with Gasteiger partial charge in [0.25, 0.3) is 0 Å². The highest BCUT2D eigenvalue weighted by Gasteiger charge is 2.13. The molecule has 1 amide bonds. The number of carbonyl (C=O) groups excluding carboxylic acids is 2. The molecule has 0 aliphatic carbocycles. The van der Waals surface area contributed by atoms with E-state index in [1.165, 1.54) is 20.1 Å². The summed E-state index contributed by atoms with van der Waals surface area (Å²) in [6.45, 7) is 1.57. The number of aliphatic hydroxyl groups is 1. The highest BCUT2D eigenvalue weighted by atomic mass is 35.5. The van der Waals surface area contributed by atoms with E-state index in [-0.39, 0.29) is 18.3 Å². The first-order chi connectivity index (χ1) is 9.47. The lowest BCUT2D eigenvalue weighted by molar-refractivity contribution is -0.114. The van der Waals surface area contributed by atoms with E-state index in [0.717, 1.165) is 0 Å². The minimum Gasteiger partial charge on any atom is -0.465 e. The van der Waals surface area contributed by atoms with Gasteiger partial charge in [-0.25, -0.2) is 4.79 Å². The summed E-state index contributed by atoms with van der Waals surface area (Å²) in [7, 11) is 1.28. The number of ether oxygens (including phenoxy) is 1. The number of halogens is 1. The molecule has 0 aromatic heterocycles. The van der Waals surface area contributed by atoms with Crippen LogP contribution in [0.4, 0.5) is 11.4 Å². The Morgan fingerprint density at radius 1 is 1.45 bits per heavy atom. The molecule has 0 aliphatic rings. The molecule has 6 nitrogen and oxygen atoms in total. The SMILES string of the molecule is COC(=O)c1ccc(NC(C)=O)cc1NCC(O)CCl. The molecule has 1 atom stereocenters. The predicted molar refractivity (Wildman–Crippen MR) is 77.3 cm³/mol. The molecule has 1 aromatic carbocycles. The zero-order chi connectivity index (χ0) is 15.1. The maximum absolute atomic E-state index is 11.6. The number of carbonyl (C=O) groups is 2. The molecule has 0 radical (unpaired) electrons. The van der Waals surface area contributed by atoms with Crippen LogP contribution < -0.4 is 10.6 Å². The summed E-state index contributed by atoms with van der Waals surface area (Å²) in [6.07, 6.45) is -0.744. The van der Waals surface area contributed by atoms with Gasteiger partial charge in [0, 0.05) is 19.2 Å². The Morgan fingerprint density at radius 2 is 2.15 bits per heavy atom. The predicted octanol–water partition coefficient (Wildman–Crippen LogP) is 1.44. The molecular weight excluding hydrogens is 284 g/mol. The molecule has 1 unspecified atom stereocenters. The van der Waals surface area contributed by atoms with Gasteiger partial charge in [0.05, 0.1) is 30.3 Å². The maximum atomic E-state index is 11.6. The number of methoxy groups -OCH3 is 1. The summed E-state index contributed by atoms with van der Waals surface area (Å²) >= 11 is 5.51. The maximum Gasteiger partial charge on any atom is 0.339 e. The first-order valence-electron chi connectivity index (χ1n) is 5.95. The normalized spacial score (nSPS) is 11.6. The second-order valence-corrected chi connectivity index (χ2v) is 4.43. The summed E-state index contributed by atoms with van der Waals surface area (Å²) in [5, 5.41) is 15.0. The van der Waals surface area contributed by atoms with E-state index < -0.39 is 12.1 Å². The van der Waals surface area contributed by atoms with Crippen molar-refractivity contribution in [3.05, 3.63) is 23.8 Å². The monoisotopic (exact) mass is 300 g/mol. The topological polar surface area (TPSA) is 87.7 Å². The smallest absolute Gasteiger partial charge is 0.339 e. The average Bonchev–Trinajstić information content (AvgIpc) is 2.43. The summed E-state index contributed by atoms with van der Waals surface area (Å²) in [5.41, 5.74) is 1.30. The van der Waals surface area contributed by atoms with Crippen LogP contribution in [0.25, 0.3) is 0 Å². The third-order valence-electron chi connectivity index (χ3n) is 2.45. The number of benzene rings is 1. The largest absolute Gasteiger partial charge is 0.465 e. The summed E-state index contributed by atoms with van der Waals surface area (Å²) in [6, 6.07) is 4.72. The Kier molecular flexibility index (Phi) is 6.27. The zero-order valence-corrected chi connectivity index (χ0v) is 12.0. The van der Waals surface area contributed by atoms with Crippen molar-refractivity contribution in [2.24, 2.45) is 0 Å². The molecule has 7 heteroatoms. The van der Waals surface area contributed by atoms with Gasteiger partial charge in [0.15, 0.2) is 0 Å². The van der Waals surface area contributed by atoms with E-state index in [1.807, 2.05) is 0 Å². The summed E-state index contributed by atoms with van der Waals surface area (Å²) < 4.78 is 4.68. The average molecular weight is 301 g/mol. The standard InChI is InChI=1S/C13H17ClN2O4/c1-8(17)16-9-3-4-11(13(19)20-2)12(5-9)15-7-10(18)6-14/h3-5,10,15,18H,6-7H2,1-2H3,(H,16,17). The van der Waals surface area contributed by atoms with E-state index >= 15 is 0 Å². The number of alkyl halides is 1. The fraction of sp³-hybridized carbons (Fsp3) is 0.385.